The van der Waals surface area contributed by atoms with Gasteiger partial charge in [-0.05, 0) is 24.3 Å². The molecule has 0 unspecified atom stereocenters. The van der Waals surface area contributed by atoms with E-state index in [9.17, 15) is 18.0 Å². The Morgan fingerprint density at radius 1 is 1.28 bits per heavy atom. The van der Waals surface area contributed by atoms with Crippen molar-refractivity contribution in [3.8, 4) is 0 Å². The maximum absolute atomic E-state index is 12.3. The maximum atomic E-state index is 12.3. The first-order valence-corrected chi connectivity index (χ1v) is 5.50. The van der Waals surface area contributed by atoms with Gasteiger partial charge in [-0.15, -0.1) is 0 Å². The van der Waals surface area contributed by atoms with Gasteiger partial charge in [-0.2, -0.15) is 13.2 Å². The van der Waals surface area contributed by atoms with Crippen molar-refractivity contribution in [1.82, 2.24) is 0 Å². The van der Waals surface area contributed by atoms with Crippen molar-refractivity contribution in [3.05, 3.63) is 29.8 Å². The minimum atomic E-state index is -4.32. The van der Waals surface area contributed by atoms with Gasteiger partial charge in [0.1, 0.15) is 0 Å². The van der Waals surface area contributed by atoms with Crippen molar-refractivity contribution >= 4 is 11.7 Å². The van der Waals surface area contributed by atoms with Crippen LogP contribution in [0.2, 0.25) is 0 Å². The molecule has 6 heteroatoms. The van der Waals surface area contributed by atoms with Gasteiger partial charge >= 0.3 is 12.1 Å². The molecule has 1 aromatic rings. The number of aliphatic carboxylic acids is 1. The van der Waals surface area contributed by atoms with E-state index in [0.29, 0.717) is 18.8 Å². The van der Waals surface area contributed by atoms with Crippen LogP contribution in [-0.4, -0.2) is 24.2 Å². The van der Waals surface area contributed by atoms with Crippen molar-refractivity contribution in [1.29, 1.82) is 0 Å². The van der Waals surface area contributed by atoms with Gasteiger partial charge in [0.05, 0.1) is 12.0 Å². The lowest BCUT2D eigenvalue weighted by molar-refractivity contribution is -0.139. The molecule has 1 heterocycles. The molecule has 1 aliphatic rings. The minimum absolute atomic E-state index is 0.0878. The second kappa shape index (κ2) is 4.51. The van der Waals surface area contributed by atoms with E-state index < -0.39 is 17.7 Å². The van der Waals surface area contributed by atoms with E-state index in [1.54, 1.807) is 0 Å². The Bertz CT molecular complexity index is 436. The first-order valence-electron chi connectivity index (χ1n) is 5.50. The smallest absolute Gasteiger partial charge is 0.416 e. The van der Waals surface area contributed by atoms with E-state index in [0.717, 1.165) is 12.1 Å². The fourth-order valence-electron chi connectivity index (χ4n) is 2.02. The Morgan fingerprint density at radius 3 is 2.28 bits per heavy atom. The van der Waals surface area contributed by atoms with Crippen LogP contribution in [0.15, 0.2) is 24.3 Å². The molecule has 18 heavy (non-hydrogen) atoms. The number of rotatable bonds is 3. The molecule has 0 bridgehead atoms. The van der Waals surface area contributed by atoms with E-state index in [-0.39, 0.29) is 12.3 Å². The van der Waals surface area contributed by atoms with Gasteiger partial charge in [-0.25, -0.2) is 0 Å². The Kier molecular flexibility index (Phi) is 3.19. The molecule has 1 saturated heterocycles. The zero-order valence-electron chi connectivity index (χ0n) is 9.44. The van der Waals surface area contributed by atoms with Gasteiger partial charge in [-0.1, -0.05) is 0 Å². The number of nitrogens with zero attached hydrogens (tertiary/aromatic N) is 1. The zero-order valence-corrected chi connectivity index (χ0v) is 9.44. The molecule has 2 rings (SSSR count). The van der Waals surface area contributed by atoms with E-state index >= 15 is 0 Å². The molecule has 1 aromatic carbocycles. The third-order valence-corrected chi connectivity index (χ3v) is 2.98. The van der Waals surface area contributed by atoms with Crippen molar-refractivity contribution in [2.24, 2.45) is 5.92 Å². The Labute approximate surface area is 102 Å². The average Bonchev–Trinajstić information content (AvgIpc) is 2.21. The highest BCUT2D eigenvalue weighted by Crippen LogP contribution is 2.32. The molecule has 0 amide bonds. The van der Waals surface area contributed by atoms with Crippen molar-refractivity contribution < 1.29 is 23.1 Å². The normalized spacial score (nSPS) is 16.5. The molecule has 0 saturated carbocycles. The zero-order chi connectivity index (χ0) is 13.3. The molecule has 0 aliphatic carbocycles. The summed E-state index contributed by atoms with van der Waals surface area (Å²) in [7, 11) is 0. The van der Waals surface area contributed by atoms with Crippen LogP contribution in [0.3, 0.4) is 0 Å². The van der Waals surface area contributed by atoms with E-state index in [4.69, 9.17) is 5.11 Å². The molecule has 1 N–H and O–H groups in total. The molecule has 98 valence electrons. The summed E-state index contributed by atoms with van der Waals surface area (Å²) in [5, 5.41) is 8.59. The lowest BCUT2D eigenvalue weighted by Crippen LogP contribution is -2.47. The van der Waals surface area contributed by atoms with Crippen LogP contribution < -0.4 is 4.90 Å². The predicted octanol–water partition coefficient (Wildman–Crippen LogP) is 2.62. The van der Waals surface area contributed by atoms with Gasteiger partial charge in [0.15, 0.2) is 0 Å². The number of carboxylic acids is 1. The molecule has 0 atom stereocenters. The van der Waals surface area contributed by atoms with E-state index in [1.807, 2.05) is 4.90 Å². The van der Waals surface area contributed by atoms with Crippen LogP contribution in [0.1, 0.15) is 12.0 Å². The summed E-state index contributed by atoms with van der Waals surface area (Å²) in [5.41, 5.74) is 0.0264. The van der Waals surface area contributed by atoms with Gasteiger partial charge < -0.3 is 10.0 Å². The number of carbonyl (C=O) groups is 1. The third kappa shape index (κ3) is 2.75. The monoisotopic (exact) mass is 259 g/mol. The third-order valence-electron chi connectivity index (χ3n) is 2.98. The summed E-state index contributed by atoms with van der Waals surface area (Å²) < 4.78 is 37.0. The van der Waals surface area contributed by atoms with Crippen molar-refractivity contribution in [2.45, 2.75) is 12.6 Å². The molecule has 1 fully saturated rings. The van der Waals surface area contributed by atoms with Crippen LogP contribution in [0.4, 0.5) is 18.9 Å². The fourth-order valence-corrected chi connectivity index (χ4v) is 2.02. The molecule has 0 spiro atoms. The topological polar surface area (TPSA) is 40.5 Å². The number of benzene rings is 1. The highest BCUT2D eigenvalue weighted by molar-refractivity contribution is 5.68. The average molecular weight is 259 g/mol. The number of alkyl halides is 3. The summed E-state index contributed by atoms with van der Waals surface area (Å²) >= 11 is 0. The molecule has 3 nitrogen and oxygen atoms in total. The molecule has 1 aliphatic heterocycles. The van der Waals surface area contributed by atoms with Gasteiger partial charge in [-0.3, -0.25) is 4.79 Å². The van der Waals surface area contributed by atoms with Crippen LogP contribution in [0.5, 0.6) is 0 Å². The molecular weight excluding hydrogens is 247 g/mol. The summed E-state index contributed by atoms with van der Waals surface area (Å²) in [6, 6.07) is 4.92. The van der Waals surface area contributed by atoms with Crippen LogP contribution in [0, 0.1) is 5.92 Å². The van der Waals surface area contributed by atoms with Crippen LogP contribution in [0.25, 0.3) is 0 Å². The van der Waals surface area contributed by atoms with Gasteiger partial charge in [0.2, 0.25) is 0 Å². The quantitative estimate of drug-likeness (QED) is 0.907. The van der Waals surface area contributed by atoms with Gasteiger partial charge in [0.25, 0.3) is 0 Å². The maximum Gasteiger partial charge on any atom is 0.416 e. The first-order chi connectivity index (χ1) is 8.36. The second-order valence-corrected chi connectivity index (χ2v) is 4.41. The summed E-state index contributed by atoms with van der Waals surface area (Å²) in [6.07, 6.45) is -4.21. The van der Waals surface area contributed by atoms with E-state index in [2.05, 4.69) is 0 Å². The first kappa shape index (κ1) is 12.7. The Morgan fingerprint density at radius 2 is 1.83 bits per heavy atom. The Balaban J connectivity index is 1.95. The number of anilines is 1. The predicted molar refractivity (Wildman–Crippen MR) is 59.4 cm³/mol. The fraction of sp³-hybridized carbons (Fsp3) is 0.417. The Hall–Kier alpha value is -1.72. The van der Waals surface area contributed by atoms with Gasteiger partial charge in [0, 0.05) is 24.7 Å². The number of halogens is 3. The summed E-state index contributed by atoms with van der Waals surface area (Å²) in [5.74, 6) is -0.753. The molecular formula is C12H12F3NO2. The molecule has 0 aromatic heterocycles. The lowest BCUT2D eigenvalue weighted by Gasteiger charge is -2.40. The SMILES string of the molecule is O=C(O)CC1CN(c2ccc(C(F)(F)F)cc2)C1. The van der Waals surface area contributed by atoms with Crippen LogP contribution in [-0.2, 0) is 11.0 Å². The summed E-state index contributed by atoms with van der Waals surface area (Å²) in [6.45, 7) is 1.16. The standard InChI is InChI=1S/C12H12F3NO2/c13-12(14,15)9-1-3-10(4-2-9)16-6-8(7-16)5-11(17)18/h1-4,8H,5-7H2,(H,17,18). The number of hydrogen-bond acceptors (Lipinski definition) is 2. The second-order valence-electron chi connectivity index (χ2n) is 4.41. The molecule has 0 radical (unpaired) electrons. The minimum Gasteiger partial charge on any atom is -0.481 e. The van der Waals surface area contributed by atoms with Crippen molar-refractivity contribution in [2.75, 3.05) is 18.0 Å². The van der Waals surface area contributed by atoms with Crippen molar-refractivity contribution in [3.63, 3.8) is 0 Å². The highest BCUT2D eigenvalue weighted by Gasteiger charge is 2.32. The highest BCUT2D eigenvalue weighted by atomic mass is 19.4. The largest absolute Gasteiger partial charge is 0.481 e. The van der Waals surface area contributed by atoms with Crippen LogP contribution >= 0.6 is 0 Å². The number of hydrogen-bond donors (Lipinski definition) is 1. The number of carboxylic acid groups (broad SMARTS) is 1. The summed E-state index contributed by atoms with van der Waals surface area (Å²) in [4.78, 5) is 12.3. The van der Waals surface area contributed by atoms with E-state index in [1.165, 1.54) is 12.1 Å². The lowest BCUT2D eigenvalue weighted by atomic mass is 9.95.